The standard InChI is InChI=1S/C19H24N4O4/c1-26-19(25)23-9-5-4-7-15(23)17(24)21-10-12-22(13-11-21)18-20-14-6-2-3-8-16(14)27-18/h2-3,6,8,15H,4-5,7,9-13H2,1H3/t15-/m1/s1. The Morgan fingerprint density at radius 1 is 1.11 bits per heavy atom. The molecule has 0 spiro atoms. The Labute approximate surface area is 157 Å². The van der Waals surface area contributed by atoms with Crippen molar-refractivity contribution in [1.82, 2.24) is 14.8 Å². The van der Waals surface area contributed by atoms with Crippen molar-refractivity contribution in [1.29, 1.82) is 0 Å². The summed E-state index contributed by atoms with van der Waals surface area (Å²) in [6, 6.07) is 7.86. The summed E-state index contributed by atoms with van der Waals surface area (Å²) in [5, 5.41) is 0. The van der Waals surface area contributed by atoms with E-state index in [1.807, 2.05) is 29.2 Å². The number of carbonyl (C=O) groups is 2. The van der Waals surface area contributed by atoms with Gasteiger partial charge in [0.2, 0.25) is 5.91 Å². The van der Waals surface area contributed by atoms with Crippen molar-refractivity contribution in [3.63, 3.8) is 0 Å². The molecule has 0 unspecified atom stereocenters. The third-order valence-electron chi connectivity index (χ3n) is 5.34. The maximum atomic E-state index is 13.0. The van der Waals surface area contributed by atoms with Crippen LogP contribution in [-0.4, -0.2) is 72.7 Å². The van der Waals surface area contributed by atoms with Crippen LogP contribution in [0.2, 0.25) is 0 Å². The molecule has 0 N–H and O–H groups in total. The lowest BCUT2D eigenvalue weighted by Gasteiger charge is -2.39. The normalized spacial score (nSPS) is 20.8. The van der Waals surface area contributed by atoms with Gasteiger partial charge in [0.05, 0.1) is 7.11 Å². The summed E-state index contributed by atoms with van der Waals surface area (Å²) < 4.78 is 10.7. The molecule has 2 amide bonds. The number of aromatic nitrogens is 1. The van der Waals surface area contributed by atoms with Crippen LogP contribution in [0.15, 0.2) is 28.7 Å². The molecular formula is C19H24N4O4. The Hall–Kier alpha value is -2.77. The summed E-state index contributed by atoms with van der Waals surface area (Å²) in [4.78, 5) is 35.0. The topological polar surface area (TPSA) is 79.1 Å². The average molecular weight is 372 g/mol. The van der Waals surface area contributed by atoms with E-state index in [0.717, 1.165) is 23.9 Å². The number of hydrogen-bond acceptors (Lipinski definition) is 6. The van der Waals surface area contributed by atoms with E-state index in [4.69, 9.17) is 9.15 Å². The van der Waals surface area contributed by atoms with Gasteiger partial charge >= 0.3 is 6.09 Å². The van der Waals surface area contributed by atoms with E-state index in [9.17, 15) is 9.59 Å². The molecule has 1 atom stereocenters. The van der Waals surface area contributed by atoms with E-state index in [-0.39, 0.29) is 5.91 Å². The molecule has 2 fully saturated rings. The number of piperidine rings is 1. The second kappa shape index (κ2) is 7.46. The first-order valence-corrected chi connectivity index (χ1v) is 9.41. The number of piperazine rings is 1. The molecule has 27 heavy (non-hydrogen) atoms. The largest absolute Gasteiger partial charge is 0.453 e. The molecule has 2 aliphatic rings. The van der Waals surface area contributed by atoms with Gasteiger partial charge in [-0.25, -0.2) is 4.79 Å². The van der Waals surface area contributed by atoms with Crippen LogP contribution >= 0.6 is 0 Å². The van der Waals surface area contributed by atoms with Crippen LogP contribution in [0.4, 0.5) is 10.8 Å². The number of methoxy groups -OCH3 is 1. The molecule has 2 aliphatic heterocycles. The van der Waals surface area contributed by atoms with Gasteiger partial charge < -0.3 is 19.0 Å². The number of nitrogens with zero attached hydrogens (tertiary/aromatic N) is 4. The molecule has 144 valence electrons. The van der Waals surface area contributed by atoms with Crippen LogP contribution in [0.25, 0.3) is 11.1 Å². The molecule has 3 heterocycles. The lowest BCUT2D eigenvalue weighted by atomic mass is 10.0. The van der Waals surface area contributed by atoms with Gasteiger partial charge in [-0.1, -0.05) is 12.1 Å². The van der Waals surface area contributed by atoms with Crippen molar-refractivity contribution < 1.29 is 18.7 Å². The number of rotatable bonds is 2. The van der Waals surface area contributed by atoms with E-state index >= 15 is 0 Å². The zero-order valence-corrected chi connectivity index (χ0v) is 15.5. The fourth-order valence-electron chi connectivity index (χ4n) is 3.85. The van der Waals surface area contributed by atoms with Crippen LogP contribution < -0.4 is 4.90 Å². The van der Waals surface area contributed by atoms with Crippen LogP contribution in [-0.2, 0) is 9.53 Å². The highest BCUT2D eigenvalue weighted by molar-refractivity contribution is 5.86. The van der Waals surface area contributed by atoms with E-state index in [1.54, 1.807) is 4.90 Å². The van der Waals surface area contributed by atoms with E-state index in [1.165, 1.54) is 7.11 Å². The van der Waals surface area contributed by atoms with Crippen molar-refractivity contribution in [3.05, 3.63) is 24.3 Å². The van der Waals surface area contributed by atoms with Crippen molar-refractivity contribution >= 4 is 29.1 Å². The van der Waals surface area contributed by atoms with E-state index < -0.39 is 12.1 Å². The van der Waals surface area contributed by atoms with Crippen LogP contribution in [0.1, 0.15) is 19.3 Å². The average Bonchev–Trinajstić information content (AvgIpc) is 3.17. The molecule has 1 aromatic heterocycles. The second-order valence-corrected chi connectivity index (χ2v) is 6.95. The van der Waals surface area contributed by atoms with Crippen LogP contribution in [0.5, 0.6) is 0 Å². The van der Waals surface area contributed by atoms with Gasteiger partial charge in [0.15, 0.2) is 5.58 Å². The van der Waals surface area contributed by atoms with Crippen molar-refractivity contribution in [3.8, 4) is 0 Å². The maximum absolute atomic E-state index is 13.0. The molecule has 0 aliphatic carbocycles. The Bertz CT molecular complexity index is 795. The summed E-state index contributed by atoms with van der Waals surface area (Å²) in [5.41, 5.74) is 1.60. The third-order valence-corrected chi connectivity index (χ3v) is 5.34. The molecule has 0 saturated carbocycles. The first-order valence-electron chi connectivity index (χ1n) is 9.41. The Morgan fingerprint density at radius 2 is 1.89 bits per heavy atom. The molecule has 8 nitrogen and oxygen atoms in total. The number of ether oxygens (including phenoxy) is 1. The minimum atomic E-state index is -0.418. The fraction of sp³-hybridized carbons (Fsp3) is 0.526. The molecule has 2 aromatic rings. The first-order chi connectivity index (χ1) is 13.2. The smallest absolute Gasteiger partial charge is 0.410 e. The number of para-hydroxylation sites is 2. The number of oxazole rings is 1. The number of amides is 2. The second-order valence-electron chi connectivity index (χ2n) is 6.95. The Balaban J connectivity index is 1.40. The van der Waals surface area contributed by atoms with E-state index in [2.05, 4.69) is 9.88 Å². The number of anilines is 1. The highest BCUT2D eigenvalue weighted by Gasteiger charge is 2.36. The quantitative estimate of drug-likeness (QED) is 0.803. The highest BCUT2D eigenvalue weighted by Crippen LogP contribution is 2.24. The predicted octanol–water partition coefficient (Wildman–Crippen LogP) is 2.10. The Morgan fingerprint density at radius 3 is 2.63 bits per heavy atom. The molecule has 1 aromatic carbocycles. The van der Waals surface area contributed by atoms with Gasteiger partial charge in [-0.3, -0.25) is 9.69 Å². The van der Waals surface area contributed by atoms with Crippen molar-refractivity contribution in [2.45, 2.75) is 25.3 Å². The summed E-state index contributed by atoms with van der Waals surface area (Å²) >= 11 is 0. The molecule has 0 radical (unpaired) electrons. The fourth-order valence-corrected chi connectivity index (χ4v) is 3.85. The number of hydrogen-bond donors (Lipinski definition) is 0. The van der Waals surface area contributed by atoms with Crippen LogP contribution in [0, 0.1) is 0 Å². The van der Waals surface area contributed by atoms with Crippen LogP contribution in [0.3, 0.4) is 0 Å². The van der Waals surface area contributed by atoms with Crippen molar-refractivity contribution in [2.24, 2.45) is 0 Å². The summed E-state index contributed by atoms with van der Waals surface area (Å²) in [5.74, 6) is 0.0114. The third kappa shape index (κ3) is 3.43. The summed E-state index contributed by atoms with van der Waals surface area (Å²) in [7, 11) is 1.36. The minimum Gasteiger partial charge on any atom is -0.453 e. The van der Waals surface area contributed by atoms with Gasteiger partial charge in [0.25, 0.3) is 6.01 Å². The van der Waals surface area contributed by atoms with Crippen molar-refractivity contribution in [2.75, 3.05) is 44.7 Å². The summed E-state index contributed by atoms with van der Waals surface area (Å²) in [6.07, 6.45) is 2.13. The van der Waals surface area contributed by atoms with Gasteiger partial charge in [0.1, 0.15) is 11.6 Å². The molecule has 4 rings (SSSR count). The Kier molecular flexibility index (Phi) is 4.87. The number of carbonyl (C=O) groups excluding carboxylic acids is 2. The predicted molar refractivity (Wildman–Crippen MR) is 99.6 cm³/mol. The zero-order chi connectivity index (χ0) is 18.8. The minimum absolute atomic E-state index is 0.0114. The monoisotopic (exact) mass is 372 g/mol. The summed E-state index contributed by atoms with van der Waals surface area (Å²) in [6.45, 7) is 3.06. The zero-order valence-electron chi connectivity index (χ0n) is 15.5. The first kappa shape index (κ1) is 17.6. The lowest BCUT2D eigenvalue weighted by molar-refractivity contribution is -0.137. The number of fused-ring (bicyclic) bond motifs is 1. The van der Waals surface area contributed by atoms with Gasteiger partial charge in [-0.05, 0) is 31.4 Å². The molecule has 2 saturated heterocycles. The van der Waals surface area contributed by atoms with Gasteiger partial charge in [-0.2, -0.15) is 4.98 Å². The molecule has 8 heteroatoms. The van der Waals surface area contributed by atoms with E-state index in [0.29, 0.717) is 45.2 Å². The van der Waals surface area contributed by atoms with Gasteiger partial charge in [-0.15, -0.1) is 0 Å². The lowest BCUT2D eigenvalue weighted by Crippen LogP contribution is -2.57. The van der Waals surface area contributed by atoms with Gasteiger partial charge in [0, 0.05) is 32.7 Å². The highest BCUT2D eigenvalue weighted by atomic mass is 16.5. The molecular weight excluding hydrogens is 348 g/mol. The SMILES string of the molecule is COC(=O)N1CCCC[C@@H]1C(=O)N1CCN(c2nc3ccccc3o2)CC1. The number of benzene rings is 1. The maximum Gasteiger partial charge on any atom is 0.410 e. The number of likely N-dealkylation sites (tertiary alicyclic amines) is 1. The molecule has 0 bridgehead atoms.